The lowest BCUT2D eigenvalue weighted by molar-refractivity contribution is -0.134. The minimum absolute atomic E-state index is 0.0958. The van der Waals surface area contributed by atoms with Gasteiger partial charge in [-0.15, -0.1) is 10.2 Å². The molecular weight excluding hydrogens is 404 g/mol. The second kappa shape index (κ2) is 9.87. The first-order chi connectivity index (χ1) is 14.3. The van der Waals surface area contributed by atoms with E-state index in [0.717, 1.165) is 15.0 Å². The standard InChI is InChI=1S/C21H22N4O2S2/c26-19(25-11-13-27-14-12-25)18(17-9-5-2-6-10-17)28-21-24-23-20(29-21)22-15-16-7-3-1-4-8-16/h1-10,18H,11-15H2,(H,22,23). The van der Waals surface area contributed by atoms with Crippen LogP contribution in [0.25, 0.3) is 0 Å². The van der Waals surface area contributed by atoms with E-state index in [-0.39, 0.29) is 11.2 Å². The number of nitrogens with zero attached hydrogens (tertiary/aromatic N) is 3. The Balaban J connectivity index is 1.46. The smallest absolute Gasteiger partial charge is 0.240 e. The van der Waals surface area contributed by atoms with Crippen LogP contribution in [0.2, 0.25) is 0 Å². The number of anilines is 1. The van der Waals surface area contributed by atoms with Gasteiger partial charge in [0.1, 0.15) is 5.25 Å². The second-order valence-corrected chi connectivity index (χ2v) is 8.89. The predicted octanol–water partition coefficient (Wildman–Crippen LogP) is 3.84. The summed E-state index contributed by atoms with van der Waals surface area (Å²) in [6, 6.07) is 20.0. The van der Waals surface area contributed by atoms with E-state index in [4.69, 9.17) is 4.74 Å². The molecule has 3 aromatic rings. The van der Waals surface area contributed by atoms with Crippen molar-refractivity contribution in [3.63, 3.8) is 0 Å². The van der Waals surface area contributed by atoms with Crippen LogP contribution < -0.4 is 5.32 Å². The number of benzene rings is 2. The Kier molecular flexibility index (Phi) is 6.76. The van der Waals surface area contributed by atoms with Crippen LogP contribution >= 0.6 is 23.1 Å². The molecule has 2 heterocycles. The summed E-state index contributed by atoms with van der Waals surface area (Å²) < 4.78 is 6.17. The van der Waals surface area contributed by atoms with Crippen molar-refractivity contribution in [1.82, 2.24) is 15.1 Å². The van der Waals surface area contributed by atoms with Gasteiger partial charge in [0.15, 0.2) is 4.34 Å². The molecular formula is C21H22N4O2S2. The lowest BCUT2D eigenvalue weighted by atomic mass is 10.1. The fraction of sp³-hybridized carbons (Fsp3) is 0.286. The van der Waals surface area contributed by atoms with E-state index in [1.165, 1.54) is 28.7 Å². The molecule has 1 N–H and O–H groups in total. The molecule has 0 spiro atoms. The van der Waals surface area contributed by atoms with E-state index < -0.39 is 0 Å². The molecule has 29 heavy (non-hydrogen) atoms. The Hall–Kier alpha value is -2.42. The normalized spacial score (nSPS) is 15.1. The van der Waals surface area contributed by atoms with Crippen molar-refractivity contribution in [2.45, 2.75) is 16.1 Å². The maximum absolute atomic E-state index is 13.2. The highest BCUT2D eigenvalue weighted by molar-refractivity contribution is 8.01. The van der Waals surface area contributed by atoms with Gasteiger partial charge in [0.05, 0.1) is 13.2 Å². The van der Waals surface area contributed by atoms with Gasteiger partial charge in [-0.05, 0) is 11.1 Å². The minimum atomic E-state index is -0.343. The lowest BCUT2D eigenvalue weighted by Crippen LogP contribution is -2.42. The van der Waals surface area contributed by atoms with Crippen LogP contribution in [0.15, 0.2) is 65.0 Å². The number of carbonyl (C=O) groups is 1. The number of hydrogen-bond donors (Lipinski definition) is 1. The molecule has 1 aromatic heterocycles. The fourth-order valence-corrected chi connectivity index (χ4v) is 5.07. The van der Waals surface area contributed by atoms with Crippen molar-refractivity contribution < 1.29 is 9.53 Å². The first-order valence-corrected chi connectivity index (χ1v) is 11.2. The molecule has 2 aromatic carbocycles. The zero-order valence-corrected chi connectivity index (χ0v) is 17.5. The Bertz CT molecular complexity index is 915. The molecule has 1 aliphatic heterocycles. The Labute approximate surface area is 178 Å². The molecule has 6 nitrogen and oxygen atoms in total. The van der Waals surface area contributed by atoms with Crippen molar-refractivity contribution in [2.24, 2.45) is 0 Å². The highest BCUT2D eigenvalue weighted by atomic mass is 32.2. The first-order valence-electron chi connectivity index (χ1n) is 9.49. The average Bonchev–Trinajstić information content (AvgIpc) is 3.25. The van der Waals surface area contributed by atoms with Crippen LogP contribution in [-0.2, 0) is 16.1 Å². The number of thioether (sulfide) groups is 1. The quantitative estimate of drug-likeness (QED) is 0.579. The summed E-state index contributed by atoms with van der Waals surface area (Å²) in [5.74, 6) is 0.0958. The van der Waals surface area contributed by atoms with E-state index in [1.54, 1.807) is 0 Å². The van der Waals surface area contributed by atoms with Crippen LogP contribution in [0, 0.1) is 0 Å². The monoisotopic (exact) mass is 426 g/mol. The zero-order valence-electron chi connectivity index (χ0n) is 15.9. The molecule has 0 bridgehead atoms. The summed E-state index contributed by atoms with van der Waals surface area (Å²) in [5, 5.41) is 12.3. The minimum Gasteiger partial charge on any atom is -0.378 e. The van der Waals surface area contributed by atoms with Gasteiger partial charge in [-0.25, -0.2) is 0 Å². The number of nitrogens with one attached hydrogen (secondary N) is 1. The molecule has 1 amide bonds. The first kappa shape index (κ1) is 19.9. The highest BCUT2D eigenvalue weighted by Crippen LogP contribution is 2.39. The molecule has 1 atom stereocenters. The molecule has 0 aliphatic carbocycles. The SMILES string of the molecule is O=C(C(Sc1nnc(NCc2ccccc2)s1)c1ccccc1)N1CCOCC1. The number of aromatic nitrogens is 2. The fourth-order valence-electron chi connectivity index (χ4n) is 3.04. The molecule has 150 valence electrons. The van der Waals surface area contributed by atoms with Crippen molar-refractivity contribution in [1.29, 1.82) is 0 Å². The summed E-state index contributed by atoms with van der Waals surface area (Å²) in [5.41, 5.74) is 2.16. The topological polar surface area (TPSA) is 67.4 Å². The summed E-state index contributed by atoms with van der Waals surface area (Å²) in [6.45, 7) is 3.12. The predicted molar refractivity (Wildman–Crippen MR) is 116 cm³/mol. The number of carbonyl (C=O) groups excluding carboxylic acids is 1. The van der Waals surface area contributed by atoms with E-state index in [0.29, 0.717) is 32.8 Å². The lowest BCUT2D eigenvalue weighted by Gasteiger charge is -2.30. The van der Waals surface area contributed by atoms with Gasteiger partial charge < -0.3 is 15.0 Å². The van der Waals surface area contributed by atoms with Gasteiger partial charge in [-0.3, -0.25) is 4.79 Å². The van der Waals surface area contributed by atoms with Crippen LogP contribution in [0.1, 0.15) is 16.4 Å². The zero-order chi connectivity index (χ0) is 19.9. The van der Waals surface area contributed by atoms with Crippen molar-refractivity contribution in [3.8, 4) is 0 Å². The van der Waals surface area contributed by atoms with E-state index in [1.807, 2.05) is 53.4 Å². The maximum atomic E-state index is 13.2. The van der Waals surface area contributed by atoms with Crippen LogP contribution in [0.4, 0.5) is 5.13 Å². The van der Waals surface area contributed by atoms with E-state index in [9.17, 15) is 4.79 Å². The maximum Gasteiger partial charge on any atom is 0.240 e. The van der Waals surface area contributed by atoms with Gasteiger partial charge in [-0.1, -0.05) is 83.8 Å². The van der Waals surface area contributed by atoms with Gasteiger partial charge in [0.25, 0.3) is 0 Å². The number of ether oxygens (including phenoxy) is 1. The molecule has 0 saturated carbocycles. The van der Waals surface area contributed by atoms with E-state index in [2.05, 4.69) is 27.6 Å². The van der Waals surface area contributed by atoms with Gasteiger partial charge >= 0.3 is 0 Å². The Morgan fingerprint density at radius 2 is 1.76 bits per heavy atom. The van der Waals surface area contributed by atoms with Gasteiger partial charge in [-0.2, -0.15) is 0 Å². The largest absolute Gasteiger partial charge is 0.378 e. The van der Waals surface area contributed by atoms with Crippen molar-refractivity contribution in [2.75, 3.05) is 31.6 Å². The molecule has 1 saturated heterocycles. The number of hydrogen-bond acceptors (Lipinski definition) is 7. The third kappa shape index (κ3) is 5.35. The van der Waals surface area contributed by atoms with Gasteiger partial charge in [0.2, 0.25) is 11.0 Å². The van der Waals surface area contributed by atoms with Crippen LogP contribution in [0.5, 0.6) is 0 Å². The summed E-state index contributed by atoms with van der Waals surface area (Å²) in [4.78, 5) is 15.1. The Morgan fingerprint density at radius 1 is 1.07 bits per heavy atom. The second-order valence-electron chi connectivity index (χ2n) is 6.56. The van der Waals surface area contributed by atoms with Crippen LogP contribution in [0.3, 0.4) is 0 Å². The summed E-state index contributed by atoms with van der Waals surface area (Å²) >= 11 is 2.93. The molecule has 0 radical (unpaired) electrons. The number of morpholine rings is 1. The highest BCUT2D eigenvalue weighted by Gasteiger charge is 2.29. The molecule has 1 aliphatic rings. The van der Waals surface area contributed by atoms with Crippen molar-refractivity contribution in [3.05, 3.63) is 71.8 Å². The average molecular weight is 427 g/mol. The van der Waals surface area contributed by atoms with E-state index >= 15 is 0 Å². The third-order valence-corrected chi connectivity index (χ3v) is 6.77. The molecule has 1 fully saturated rings. The summed E-state index contributed by atoms with van der Waals surface area (Å²) in [7, 11) is 0. The molecule has 4 rings (SSSR count). The molecule has 8 heteroatoms. The van der Waals surface area contributed by atoms with Crippen molar-refractivity contribution >= 4 is 34.1 Å². The number of rotatable bonds is 7. The van der Waals surface area contributed by atoms with Crippen LogP contribution in [-0.4, -0.2) is 47.3 Å². The third-order valence-electron chi connectivity index (χ3n) is 4.56. The Morgan fingerprint density at radius 3 is 2.48 bits per heavy atom. The summed E-state index contributed by atoms with van der Waals surface area (Å²) in [6.07, 6.45) is 0. The van der Waals surface area contributed by atoms with Gasteiger partial charge in [0, 0.05) is 19.6 Å². The molecule has 1 unspecified atom stereocenters. The number of amides is 1.